The number of rotatable bonds is 8. The van der Waals surface area contributed by atoms with Crippen LogP contribution in [0.4, 0.5) is 4.39 Å². The van der Waals surface area contributed by atoms with E-state index in [-0.39, 0.29) is 12.4 Å². The summed E-state index contributed by atoms with van der Waals surface area (Å²) in [5.74, 6) is -0.240. The Morgan fingerprint density at radius 3 is 2.94 bits per heavy atom. The lowest BCUT2D eigenvalue weighted by Crippen LogP contribution is -2.17. The van der Waals surface area contributed by atoms with Crippen LogP contribution in [0.5, 0.6) is 0 Å². The highest BCUT2D eigenvalue weighted by molar-refractivity contribution is 9.10. The maximum absolute atomic E-state index is 13.2. The molecule has 0 bridgehead atoms. The summed E-state index contributed by atoms with van der Waals surface area (Å²) in [5.41, 5.74) is 0.904. The van der Waals surface area contributed by atoms with Crippen molar-refractivity contribution in [3.8, 4) is 0 Å². The topological polar surface area (TPSA) is 41.5 Å². The van der Waals surface area contributed by atoms with Crippen LogP contribution in [0.1, 0.15) is 12.0 Å². The third kappa shape index (κ3) is 5.59. The summed E-state index contributed by atoms with van der Waals surface area (Å²) in [5, 5.41) is 11.7. The van der Waals surface area contributed by atoms with Gasteiger partial charge >= 0.3 is 0 Å². The van der Waals surface area contributed by atoms with Gasteiger partial charge in [0.1, 0.15) is 5.82 Å². The molecule has 0 saturated carbocycles. The number of aliphatic hydroxyl groups excluding tert-OH is 1. The summed E-state index contributed by atoms with van der Waals surface area (Å²) in [7, 11) is 0. The minimum atomic E-state index is -0.240. The number of halogens is 2. The molecule has 0 aliphatic carbocycles. The van der Waals surface area contributed by atoms with Gasteiger partial charge < -0.3 is 15.2 Å². The van der Waals surface area contributed by atoms with Crippen molar-refractivity contribution < 1.29 is 14.2 Å². The zero-order chi connectivity index (χ0) is 12.5. The molecular weight excluding hydrogens is 289 g/mol. The first-order valence-corrected chi connectivity index (χ1v) is 6.37. The summed E-state index contributed by atoms with van der Waals surface area (Å²) in [6, 6.07) is 5.00. The van der Waals surface area contributed by atoms with E-state index < -0.39 is 0 Å². The van der Waals surface area contributed by atoms with E-state index >= 15 is 0 Å². The highest BCUT2D eigenvalue weighted by Gasteiger charge is 2.03. The zero-order valence-electron chi connectivity index (χ0n) is 9.59. The summed E-state index contributed by atoms with van der Waals surface area (Å²) in [6.45, 7) is 2.49. The molecule has 5 heteroatoms. The Kier molecular flexibility index (Phi) is 7.35. The predicted octanol–water partition coefficient (Wildman–Crippen LogP) is 2.08. The van der Waals surface area contributed by atoms with Gasteiger partial charge in [0, 0.05) is 13.2 Å². The van der Waals surface area contributed by atoms with Crippen LogP contribution in [-0.4, -0.2) is 31.5 Å². The molecule has 2 N–H and O–H groups in total. The van der Waals surface area contributed by atoms with Gasteiger partial charge in [-0.3, -0.25) is 0 Å². The average Bonchev–Trinajstić information content (AvgIpc) is 2.33. The van der Waals surface area contributed by atoms with Crippen molar-refractivity contribution in [2.45, 2.75) is 13.0 Å². The maximum atomic E-state index is 13.2. The number of benzene rings is 1. The molecular formula is C12H17BrFNO2. The first kappa shape index (κ1) is 14.6. The maximum Gasteiger partial charge on any atom is 0.137 e. The average molecular weight is 306 g/mol. The monoisotopic (exact) mass is 305 g/mol. The lowest BCUT2D eigenvalue weighted by atomic mass is 10.2. The van der Waals surface area contributed by atoms with E-state index in [2.05, 4.69) is 21.2 Å². The largest absolute Gasteiger partial charge is 0.394 e. The van der Waals surface area contributed by atoms with Gasteiger partial charge in [0.15, 0.2) is 0 Å². The van der Waals surface area contributed by atoms with Gasteiger partial charge in [-0.1, -0.05) is 12.1 Å². The van der Waals surface area contributed by atoms with Crippen molar-refractivity contribution in [1.82, 2.24) is 5.32 Å². The van der Waals surface area contributed by atoms with E-state index in [4.69, 9.17) is 9.84 Å². The lowest BCUT2D eigenvalue weighted by molar-refractivity contribution is 0.0907. The molecule has 1 aromatic rings. The van der Waals surface area contributed by atoms with Gasteiger partial charge in [-0.25, -0.2) is 4.39 Å². The Morgan fingerprint density at radius 2 is 2.18 bits per heavy atom. The molecule has 0 aliphatic heterocycles. The molecule has 0 heterocycles. The summed E-state index contributed by atoms with van der Waals surface area (Å²) in [4.78, 5) is 0. The molecule has 0 aliphatic rings. The van der Waals surface area contributed by atoms with E-state index in [9.17, 15) is 4.39 Å². The van der Waals surface area contributed by atoms with E-state index in [0.29, 0.717) is 24.2 Å². The van der Waals surface area contributed by atoms with Gasteiger partial charge in [-0.05, 0) is 40.5 Å². The van der Waals surface area contributed by atoms with Crippen molar-refractivity contribution in [3.63, 3.8) is 0 Å². The minimum absolute atomic E-state index is 0.0592. The van der Waals surface area contributed by atoms with Crippen molar-refractivity contribution in [1.29, 1.82) is 0 Å². The van der Waals surface area contributed by atoms with Crippen LogP contribution in [0.15, 0.2) is 22.7 Å². The van der Waals surface area contributed by atoms with Gasteiger partial charge in [-0.2, -0.15) is 0 Å². The van der Waals surface area contributed by atoms with Crippen molar-refractivity contribution in [2.75, 3.05) is 26.4 Å². The fourth-order valence-electron chi connectivity index (χ4n) is 1.37. The van der Waals surface area contributed by atoms with Crippen molar-refractivity contribution >= 4 is 15.9 Å². The molecule has 1 aromatic carbocycles. The Balaban J connectivity index is 2.16. The number of nitrogens with one attached hydrogen (secondary N) is 1. The molecule has 0 aromatic heterocycles. The highest BCUT2D eigenvalue weighted by atomic mass is 79.9. The minimum Gasteiger partial charge on any atom is -0.394 e. The molecule has 0 unspecified atom stereocenters. The molecule has 1 rings (SSSR count). The first-order chi connectivity index (χ1) is 8.25. The number of hydrogen-bond acceptors (Lipinski definition) is 3. The van der Waals surface area contributed by atoms with Crippen LogP contribution in [0, 0.1) is 5.82 Å². The summed E-state index contributed by atoms with van der Waals surface area (Å²) < 4.78 is 18.8. The van der Waals surface area contributed by atoms with Crippen LogP contribution in [0.25, 0.3) is 0 Å². The van der Waals surface area contributed by atoms with Crippen LogP contribution < -0.4 is 5.32 Å². The van der Waals surface area contributed by atoms with E-state index in [0.717, 1.165) is 18.5 Å². The molecule has 0 atom stereocenters. The molecule has 0 amide bonds. The van der Waals surface area contributed by atoms with Crippen LogP contribution in [0.2, 0.25) is 0 Å². The fourth-order valence-corrected chi connectivity index (χ4v) is 1.78. The standard InChI is InChI=1S/C12H17BrFNO2/c13-12-10(3-1-4-11(12)14)9-15-5-2-7-17-8-6-16/h1,3-4,15-16H,2,5-9H2. The SMILES string of the molecule is OCCOCCCNCc1cccc(F)c1Br. The summed E-state index contributed by atoms with van der Waals surface area (Å²) >= 11 is 3.22. The lowest BCUT2D eigenvalue weighted by Gasteiger charge is -2.07. The molecule has 0 saturated heterocycles. The normalized spacial score (nSPS) is 10.8. The Bertz CT molecular complexity index is 336. The van der Waals surface area contributed by atoms with Crippen LogP contribution in [-0.2, 0) is 11.3 Å². The van der Waals surface area contributed by atoms with Crippen LogP contribution in [0.3, 0.4) is 0 Å². The molecule has 3 nitrogen and oxygen atoms in total. The molecule has 17 heavy (non-hydrogen) atoms. The Labute approximate surface area is 109 Å². The van der Waals surface area contributed by atoms with E-state index in [1.54, 1.807) is 6.07 Å². The van der Waals surface area contributed by atoms with Gasteiger partial charge in [0.25, 0.3) is 0 Å². The molecule has 0 spiro atoms. The fraction of sp³-hybridized carbons (Fsp3) is 0.500. The number of aliphatic hydroxyl groups is 1. The van der Waals surface area contributed by atoms with Crippen LogP contribution >= 0.6 is 15.9 Å². The van der Waals surface area contributed by atoms with Gasteiger partial charge in [0.2, 0.25) is 0 Å². The third-order valence-corrected chi connectivity index (χ3v) is 3.11. The summed E-state index contributed by atoms with van der Waals surface area (Å²) in [6.07, 6.45) is 0.868. The number of ether oxygens (including phenoxy) is 1. The Morgan fingerprint density at radius 1 is 1.35 bits per heavy atom. The zero-order valence-corrected chi connectivity index (χ0v) is 11.2. The quantitative estimate of drug-likeness (QED) is 0.723. The highest BCUT2D eigenvalue weighted by Crippen LogP contribution is 2.19. The predicted molar refractivity (Wildman–Crippen MR) is 68.3 cm³/mol. The molecule has 0 fully saturated rings. The second-order valence-corrected chi connectivity index (χ2v) is 4.37. The number of hydrogen-bond donors (Lipinski definition) is 2. The van der Waals surface area contributed by atoms with E-state index in [1.165, 1.54) is 6.07 Å². The third-order valence-electron chi connectivity index (χ3n) is 2.22. The van der Waals surface area contributed by atoms with Gasteiger partial charge in [-0.15, -0.1) is 0 Å². The molecule has 0 radical (unpaired) electrons. The van der Waals surface area contributed by atoms with E-state index in [1.807, 2.05) is 6.07 Å². The van der Waals surface area contributed by atoms with Crippen molar-refractivity contribution in [2.24, 2.45) is 0 Å². The smallest absolute Gasteiger partial charge is 0.137 e. The van der Waals surface area contributed by atoms with Crippen molar-refractivity contribution in [3.05, 3.63) is 34.1 Å². The Hall–Kier alpha value is -0.490. The first-order valence-electron chi connectivity index (χ1n) is 5.58. The second kappa shape index (κ2) is 8.58. The molecule has 96 valence electrons. The second-order valence-electron chi connectivity index (χ2n) is 3.58. The van der Waals surface area contributed by atoms with Gasteiger partial charge in [0.05, 0.1) is 17.7 Å².